The number of hydrogen-bond acceptors (Lipinski definition) is 8. The molecule has 1 aliphatic rings. The number of hydrogen-bond donors (Lipinski definition) is 4. The third kappa shape index (κ3) is 12.5. The number of carbonyl (C=O) groups is 5. The number of rotatable bonds is 6. The van der Waals surface area contributed by atoms with E-state index in [4.69, 9.17) is 9.47 Å². The molecule has 1 fully saturated rings. The van der Waals surface area contributed by atoms with Gasteiger partial charge in [-0.15, -0.1) is 0 Å². The molecule has 0 saturated carbocycles. The lowest BCUT2D eigenvalue weighted by atomic mass is 10.0. The summed E-state index contributed by atoms with van der Waals surface area (Å²) < 4.78 is 24.6. The molecule has 1 aliphatic heterocycles. The summed E-state index contributed by atoms with van der Waals surface area (Å²) >= 11 is 0.789. The van der Waals surface area contributed by atoms with Crippen LogP contribution in [-0.2, 0) is 46.3 Å². The van der Waals surface area contributed by atoms with E-state index in [1.807, 2.05) is 30.3 Å². The second kappa shape index (κ2) is 18.0. The molecule has 13 heteroatoms. The maximum absolute atomic E-state index is 13.8. The molecule has 11 nitrogen and oxygen atoms in total. The zero-order valence-electron chi connectivity index (χ0n) is 23.9. The summed E-state index contributed by atoms with van der Waals surface area (Å²) in [6, 6.07) is 11.9. The van der Waals surface area contributed by atoms with Gasteiger partial charge in [-0.25, -0.2) is 4.39 Å². The topological polar surface area (TPSA) is 152 Å². The highest BCUT2D eigenvalue weighted by atomic mass is 32.2. The lowest BCUT2D eigenvalue weighted by molar-refractivity contribution is -0.132. The van der Waals surface area contributed by atoms with Gasteiger partial charge >= 0.3 is 0 Å². The fraction of sp³-hybridized carbons (Fsp3) is 0.433. The molecular weight excluding hydrogens is 579 g/mol. The smallest absolute Gasteiger partial charge is 0.246 e. The molecule has 1 saturated heterocycles. The van der Waals surface area contributed by atoms with Crippen LogP contribution in [0, 0.1) is 5.82 Å². The Kier molecular flexibility index (Phi) is 14.1. The average Bonchev–Trinajstić information content (AvgIpc) is 2.98. The van der Waals surface area contributed by atoms with Crippen LogP contribution in [0.5, 0.6) is 0 Å². The second-order valence-electron chi connectivity index (χ2n) is 9.88. The van der Waals surface area contributed by atoms with Crippen LogP contribution in [0.15, 0.2) is 54.6 Å². The number of thioether (sulfide) groups is 1. The monoisotopic (exact) mass is 616 g/mol. The first kappa shape index (κ1) is 33.7. The predicted octanol–water partition coefficient (Wildman–Crippen LogP) is 0.898. The molecule has 0 aromatic heterocycles. The van der Waals surface area contributed by atoms with Gasteiger partial charge in [0, 0.05) is 25.6 Å². The van der Waals surface area contributed by atoms with Gasteiger partial charge in [0.15, 0.2) is 0 Å². The zero-order valence-corrected chi connectivity index (χ0v) is 24.8. The number of ether oxygens (including phenoxy) is 2. The van der Waals surface area contributed by atoms with Crippen LogP contribution in [-0.4, -0.2) is 85.6 Å². The average molecular weight is 617 g/mol. The number of nitrogens with one attached hydrogen (secondary N) is 4. The minimum absolute atomic E-state index is 0.0878. The maximum Gasteiger partial charge on any atom is 0.246 e. The molecule has 0 spiro atoms. The molecule has 4 amide bonds. The van der Waals surface area contributed by atoms with E-state index in [2.05, 4.69) is 21.3 Å². The Morgan fingerprint density at radius 2 is 1.67 bits per heavy atom. The first-order valence-corrected chi connectivity index (χ1v) is 14.9. The fourth-order valence-electron chi connectivity index (χ4n) is 4.27. The van der Waals surface area contributed by atoms with Crippen LogP contribution >= 0.6 is 11.8 Å². The van der Waals surface area contributed by atoms with Crippen LogP contribution in [0.2, 0.25) is 0 Å². The molecule has 43 heavy (non-hydrogen) atoms. The largest absolute Gasteiger partial charge is 0.377 e. The normalized spacial score (nSPS) is 21.8. The minimum Gasteiger partial charge on any atom is -0.377 e. The van der Waals surface area contributed by atoms with Gasteiger partial charge in [0.05, 0.1) is 25.9 Å². The number of amides is 4. The van der Waals surface area contributed by atoms with Crippen molar-refractivity contribution in [1.82, 2.24) is 21.3 Å². The van der Waals surface area contributed by atoms with Crippen molar-refractivity contribution < 1.29 is 37.8 Å². The van der Waals surface area contributed by atoms with Crippen molar-refractivity contribution in [3.63, 3.8) is 0 Å². The van der Waals surface area contributed by atoms with Crippen molar-refractivity contribution in [1.29, 1.82) is 0 Å². The Hall–Kier alpha value is -3.81. The Balaban J connectivity index is 1.84. The molecule has 2 aromatic carbocycles. The first-order valence-electron chi connectivity index (χ1n) is 14.0. The lowest BCUT2D eigenvalue weighted by Crippen LogP contribution is -2.53. The van der Waals surface area contributed by atoms with Crippen molar-refractivity contribution in [2.24, 2.45) is 0 Å². The molecule has 0 bridgehead atoms. The fourth-order valence-corrected chi connectivity index (χ4v) is 5.21. The second-order valence-corrected chi connectivity index (χ2v) is 10.9. The van der Waals surface area contributed by atoms with E-state index < -0.39 is 52.7 Å². The van der Waals surface area contributed by atoms with Gasteiger partial charge in [-0.1, -0.05) is 54.2 Å². The molecular formula is C30H37FN4O7S. The van der Waals surface area contributed by atoms with E-state index in [0.29, 0.717) is 5.56 Å². The highest BCUT2D eigenvalue weighted by Gasteiger charge is 2.29. The highest BCUT2D eigenvalue weighted by Crippen LogP contribution is 2.15. The molecule has 0 aliphatic carbocycles. The Bertz CT molecular complexity index is 1250. The molecule has 1 heterocycles. The number of carbonyl (C=O) groups excluding carboxylic acids is 5. The third-order valence-electron chi connectivity index (χ3n) is 6.38. The van der Waals surface area contributed by atoms with E-state index >= 15 is 0 Å². The third-order valence-corrected chi connectivity index (χ3v) is 7.45. The van der Waals surface area contributed by atoms with Crippen LogP contribution in [0.25, 0.3) is 0 Å². The van der Waals surface area contributed by atoms with Crippen LogP contribution in [0.1, 0.15) is 24.5 Å². The quantitative estimate of drug-likeness (QED) is 0.374. The minimum atomic E-state index is -1.04. The summed E-state index contributed by atoms with van der Waals surface area (Å²) in [7, 11) is 0. The summed E-state index contributed by atoms with van der Waals surface area (Å²) in [6.45, 7) is 1.55. The van der Waals surface area contributed by atoms with Gasteiger partial charge in [-0.05, 0) is 36.1 Å². The molecule has 0 radical (unpaired) electrons. The van der Waals surface area contributed by atoms with Gasteiger partial charge in [-0.2, -0.15) is 0 Å². The van der Waals surface area contributed by atoms with Crippen molar-refractivity contribution in [2.45, 2.75) is 44.3 Å². The van der Waals surface area contributed by atoms with Crippen LogP contribution < -0.4 is 21.3 Å². The zero-order chi connectivity index (χ0) is 31.0. The van der Waals surface area contributed by atoms with Gasteiger partial charge in [-0.3, -0.25) is 24.0 Å². The standard InChI is InChI=1S/C30H37FN4O7S/c1-20(36)33-26-19-43-30(40)24(11-10-22-8-5-9-23(31)16-22)35-29(39)25(17-21-6-3-2-4-7-21)34-27(37)18-42-15-14-41-13-12-32-28(26)38/h2-9,16,24-26H,10-15,17-19H2,1H3,(H,32,38)(H,33,36)(H,34,37)(H,35,39)/t24-,25-,26-/m0/s1. The van der Waals surface area contributed by atoms with E-state index in [0.717, 1.165) is 17.3 Å². The van der Waals surface area contributed by atoms with Gasteiger partial charge in [0.1, 0.15) is 24.5 Å². The van der Waals surface area contributed by atoms with Gasteiger partial charge in [0.25, 0.3) is 0 Å². The Morgan fingerprint density at radius 3 is 2.42 bits per heavy atom. The van der Waals surface area contributed by atoms with E-state index in [-0.39, 0.29) is 58.0 Å². The van der Waals surface area contributed by atoms with Gasteiger partial charge in [0.2, 0.25) is 28.7 Å². The maximum atomic E-state index is 13.8. The van der Waals surface area contributed by atoms with Crippen molar-refractivity contribution in [3.05, 3.63) is 71.5 Å². The van der Waals surface area contributed by atoms with E-state index in [9.17, 15) is 28.4 Å². The molecule has 3 rings (SSSR count). The summed E-state index contributed by atoms with van der Waals surface area (Å²) in [5.41, 5.74) is 1.42. The van der Waals surface area contributed by atoms with Crippen molar-refractivity contribution in [3.8, 4) is 0 Å². The van der Waals surface area contributed by atoms with E-state index in [1.165, 1.54) is 19.1 Å². The SMILES string of the molecule is CC(=O)N[C@H]1CSC(=O)[C@H](CCc2cccc(F)c2)NC(=O)[C@H](Cc2ccccc2)NC(=O)COCCOCCNC1=O. The van der Waals surface area contributed by atoms with Crippen molar-refractivity contribution in [2.75, 3.05) is 38.7 Å². The molecule has 2 aromatic rings. The molecule has 0 unspecified atom stereocenters. The number of benzene rings is 2. The molecule has 3 atom stereocenters. The molecule has 4 N–H and O–H groups in total. The van der Waals surface area contributed by atoms with Gasteiger partial charge < -0.3 is 30.7 Å². The number of halogens is 1. The summed E-state index contributed by atoms with van der Waals surface area (Å²) in [5.74, 6) is -2.56. The Morgan fingerprint density at radius 1 is 0.930 bits per heavy atom. The summed E-state index contributed by atoms with van der Waals surface area (Å²) in [5, 5.41) is 10.2. The number of aryl methyl sites for hydroxylation is 1. The van der Waals surface area contributed by atoms with Crippen LogP contribution in [0.3, 0.4) is 0 Å². The van der Waals surface area contributed by atoms with Crippen molar-refractivity contribution >= 4 is 40.5 Å². The lowest BCUT2D eigenvalue weighted by Gasteiger charge is -2.24. The van der Waals surface area contributed by atoms with Crippen LogP contribution in [0.4, 0.5) is 4.39 Å². The first-order chi connectivity index (χ1) is 20.7. The van der Waals surface area contributed by atoms with E-state index in [1.54, 1.807) is 12.1 Å². The summed E-state index contributed by atoms with van der Waals surface area (Å²) in [6.07, 6.45) is 0.558. The summed E-state index contributed by atoms with van der Waals surface area (Å²) in [4.78, 5) is 64.2. The predicted molar refractivity (Wildman–Crippen MR) is 158 cm³/mol. The highest BCUT2D eigenvalue weighted by molar-refractivity contribution is 8.13. The molecule has 232 valence electrons. The Labute approximate surface area is 254 Å².